The molecule has 0 rings (SSSR count). The molecule has 0 aliphatic heterocycles. The molecule has 0 aromatic rings. The first-order valence-corrected chi connectivity index (χ1v) is 7.48. The number of hydrogen-bond donors (Lipinski definition) is 1. The SMILES string of the molecule is CC(C)(C)OC(=O)/C=C(/CCCCCN)C(=O)OCCC#N. The van der Waals surface area contributed by atoms with Gasteiger partial charge in [0.25, 0.3) is 0 Å². The molecule has 0 unspecified atom stereocenters. The largest absolute Gasteiger partial charge is 0.461 e. The van der Waals surface area contributed by atoms with E-state index < -0.39 is 17.5 Å². The van der Waals surface area contributed by atoms with E-state index in [-0.39, 0.29) is 18.6 Å². The maximum Gasteiger partial charge on any atom is 0.334 e. The van der Waals surface area contributed by atoms with Gasteiger partial charge in [0.05, 0.1) is 12.5 Å². The number of carbonyl (C=O) groups is 2. The van der Waals surface area contributed by atoms with Gasteiger partial charge in [-0.25, -0.2) is 9.59 Å². The van der Waals surface area contributed by atoms with Crippen LogP contribution in [0.15, 0.2) is 11.6 Å². The van der Waals surface area contributed by atoms with E-state index in [1.807, 2.05) is 6.07 Å². The fraction of sp³-hybridized carbons (Fsp3) is 0.688. The molecule has 0 aliphatic carbocycles. The molecule has 124 valence electrons. The van der Waals surface area contributed by atoms with Gasteiger partial charge in [-0.05, 0) is 46.6 Å². The van der Waals surface area contributed by atoms with Crippen LogP contribution in [-0.2, 0) is 19.1 Å². The van der Waals surface area contributed by atoms with Crippen LogP contribution >= 0.6 is 0 Å². The highest BCUT2D eigenvalue weighted by Crippen LogP contribution is 2.14. The molecule has 0 spiro atoms. The Bertz CT molecular complexity index is 430. The summed E-state index contributed by atoms with van der Waals surface area (Å²) in [5.74, 6) is -1.15. The minimum Gasteiger partial charge on any atom is -0.461 e. The highest BCUT2D eigenvalue weighted by molar-refractivity contribution is 5.96. The Hall–Kier alpha value is -1.87. The first-order chi connectivity index (χ1) is 10.3. The number of ether oxygens (including phenoxy) is 2. The van der Waals surface area contributed by atoms with Gasteiger partial charge in [-0.15, -0.1) is 0 Å². The lowest BCUT2D eigenvalue weighted by molar-refractivity contribution is -0.149. The molecule has 6 heteroatoms. The highest BCUT2D eigenvalue weighted by atomic mass is 16.6. The van der Waals surface area contributed by atoms with Crippen molar-refractivity contribution in [3.8, 4) is 6.07 Å². The van der Waals surface area contributed by atoms with Gasteiger partial charge in [0.2, 0.25) is 0 Å². The van der Waals surface area contributed by atoms with Gasteiger partial charge >= 0.3 is 11.9 Å². The zero-order chi connectivity index (χ0) is 17.0. The summed E-state index contributed by atoms with van der Waals surface area (Å²) in [5, 5.41) is 8.45. The van der Waals surface area contributed by atoms with Gasteiger partial charge in [-0.2, -0.15) is 5.26 Å². The molecule has 0 heterocycles. The maximum absolute atomic E-state index is 12.0. The molecule has 0 aromatic carbocycles. The van der Waals surface area contributed by atoms with Crippen molar-refractivity contribution in [3.63, 3.8) is 0 Å². The number of rotatable bonds is 9. The molecule has 0 atom stereocenters. The van der Waals surface area contributed by atoms with Gasteiger partial charge in [-0.3, -0.25) is 0 Å². The minimum atomic E-state index is -0.622. The molecule has 0 amide bonds. The summed E-state index contributed by atoms with van der Waals surface area (Å²) in [7, 11) is 0. The predicted octanol–water partition coefficient (Wildman–Crippen LogP) is 2.23. The number of hydrogen-bond acceptors (Lipinski definition) is 6. The second-order valence-corrected chi connectivity index (χ2v) is 5.85. The topological polar surface area (TPSA) is 102 Å². The van der Waals surface area contributed by atoms with Gasteiger partial charge in [0.1, 0.15) is 12.2 Å². The Morgan fingerprint density at radius 1 is 1.23 bits per heavy atom. The van der Waals surface area contributed by atoms with Crippen LogP contribution in [0.4, 0.5) is 0 Å². The summed E-state index contributed by atoms with van der Waals surface area (Å²) < 4.78 is 10.1. The molecule has 0 fully saturated rings. The van der Waals surface area contributed by atoms with Crippen molar-refractivity contribution in [2.45, 2.75) is 58.5 Å². The first kappa shape index (κ1) is 20.1. The van der Waals surface area contributed by atoms with Crippen LogP contribution < -0.4 is 5.73 Å². The van der Waals surface area contributed by atoms with Crippen molar-refractivity contribution in [2.24, 2.45) is 5.73 Å². The molecule has 0 saturated carbocycles. The molecule has 0 radical (unpaired) electrons. The van der Waals surface area contributed by atoms with E-state index >= 15 is 0 Å². The normalized spacial score (nSPS) is 11.7. The zero-order valence-corrected chi connectivity index (χ0v) is 13.7. The van der Waals surface area contributed by atoms with E-state index in [0.29, 0.717) is 13.0 Å². The number of nitrogens with two attached hydrogens (primary N) is 1. The molecule has 2 N–H and O–H groups in total. The molecule has 0 aromatic heterocycles. The summed E-state index contributed by atoms with van der Waals surface area (Å²) in [6, 6.07) is 1.89. The van der Waals surface area contributed by atoms with E-state index in [9.17, 15) is 9.59 Å². The fourth-order valence-electron chi connectivity index (χ4n) is 1.63. The van der Waals surface area contributed by atoms with Crippen molar-refractivity contribution in [1.82, 2.24) is 0 Å². The number of nitriles is 1. The maximum atomic E-state index is 12.0. The Kier molecular flexibility index (Phi) is 9.88. The second kappa shape index (κ2) is 10.8. The van der Waals surface area contributed by atoms with Crippen molar-refractivity contribution in [1.29, 1.82) is 5.26 Å². The number of nitrogens with zero attached hydrogens (tertiary/aromatic N) is 1. The van der Waals surface area contributed by atoms with Gasteiger partial charge in [0.15, 0.2) is 0 Å². The van der Waals surface area contributed by atoms with E-state index in [1.54, 1.807) is 20.8 Å². The fourth-order valence-corrected chi connectivity index (χ4v) is 1.63. The van der Waals surface area contributed by atoms with Crippen molar-refractivity contribution < 1.29 is 19.1 Å². The standard InChI is InChI=1S/C16H26N2O4/c1-16(2,3)22-14(19)12-13(8-5-4-6-9-17)15(20)21-11-7-10-18/h12H,4-9,11,17H2,1-3H3/b13-12-. The molecule has 0 saturated heterocycles. The average molecular weight is 310 g/mol. The predicted molar refractivity (Wildman–Crippen MR) is 82.6 cm³/mol. The van der Waals surface area contributed by atoms with Crippen LogP contribution in [0.2, 0.25) is 0 Å². The quantitative estimate of drug-likeness (QED) is 0.398. The lowest BCUT2D eigenvalue weighted by Crippen LogP contribution is -2.23. The Morgan fingerprint density at radius 3 is 2.45 bits per heavy atom. The van der Waals surface area contributed by atoms with Crippen LogP contribution in [0.1, 0.15) is 52.9 Å². The Balaban J connectivity index is 4.72. The molecule has 6 nitrogen and oxygen atoms in total. The summed E-state index contributed by atoms with van der Waals surface area (Å²) in [5.41, 5.74) is 5.07. The molecule has 22 heavy (non-hydrogen) atoms. The number of esters is 2. The van der Waals surface area contributed by atoms with Crippen molar-refractivity contribution >= 4 is 11.9 Å². The van der Waals surface area contributed by atoms with Gasteiger partial charge in [0, 0.05) is 11.6 Å². The van der Waals surface area contributed by atoms with Crippen molar-refractivity contribution in [2.75, 3.05) is 13.2 Å². The molecule has 0 aliphatic rings. The number of unbranched alkanes of at least 4 members (excludes halogenated alkanes) is 2. The monoisotopic (exact) mass is 310 g/mol. The average Bonchev–Trinajstić information content (AvgIpc) is 2.40. The van der Waals surface area contributed by atoms with E-state index in [0.717, 1.165) is 19.3 Å². The van der Waals surface area contributed by atoms with Crippen LogP contribution in [0, 0.1) is 11.3 Å². The van der Waals surface area contributed by atoms with Crippen LogP contribution in [0.3, 0.4) is 0 Å². The van der Waals surface area contributed by atoms with Crippen LogP contribution in [0.25, 0.3) is 0 Å². The second-order valence-electron chi connectivity index (χ2n) is 5.85. The minimum absolute atomic E-state index is 0.0177. The Morgan fingerprint density at radius 2 is 1.91 bits per heavy atom. The summed E-state index contributed by atoms with van der Waals surface area (Å²) in [6.07, 6.45) is 4.20. The van der Waals surface area contributed by atoms with Crippen LogP contribution in [0.5, 0.6) is 0 Å². The number of carbonyl (C=O) groups excluding carboxylic acids is 2. The van der Waals surface area contributed by atoms with E-state index in [2.05, 4.69) is 0 Å². The zero-order valence-electron chi connectivity index (χ0n) is 13.7. The third-order valence-corrected chi connectivity index (χ3v) is 2.56. The van der Waals surface area contributed by atoms with Gasteiger partial charge < -0.3 is 15.2 Å². The molecule has 0 bridgehead atoms. The first-order valence-electron chi connectivity index (χ1n) is 7.48. The molecular formula is C16H26N2O4. The third kappa shape index (κ3) is 10.9. The van der Waals surface area contributed by atoms with Gasteiger partial charge in [-0.1, -0.05) is 6.42 Å². The Labute approximate surface area is 132 Å². The van der Waals surface area contributed by atoms with E-state index in [4.69, 9.17) is 20.5 Å². The van der Waals surface area contributed by atoms with Crippen LogP contribution in [-0.4, -0.2) is 30.7 Å². The third-order valence-electron chi connectivity index (χ3n) is 2.56. The van der Waals surface area contributed by atoms with E-state index in [1.165, 1.54) is 6.08 Å². The summed E-state index contributed by atoms with van der Waals surface area (Å²) in [6.45, 7) is 5.88. The summed E-state index contributed by atoms with van der Waals surface area (Å²) >= 11 is 0. The van der Waals surface area contributed by atoms with Crippen molar-refractivity contribution in [3.05, 3.63) is 11.6 Å². The lowest BCUT2D eigenvalue weighted by atomic mass is 10.1. The summed E-state index contributed by atoms with van der Waals surface area (Å²) in [4.78, 5) is 23.8. The molecular weight excluding hydrogens is 284 g/mol. The highest BCUT2D eigenvalue weighted by Gasteiger charge is 2.18. The lowest BCUT2D eigenvalue weighted by Gasteiger charge is -2.18. The smallest absolute Gasteiger partial charge is 0.334 e.